The minimum absolute atomic E-state index is 0.107. The van der Waals surface area contributed by atoms with E-state index in [0.717, 1.165) is 16.8 Å². The SMILES string of the molecule is COC(=O)CCSCCSCCCBr. The fourth-order valence-electron chi connectivity index (χ4n) is 0.736. The summed E-state index contributed by atoms with van der Waals surface area (Å²) >= 11 is 7.19. The predicted octanol–water partition coefficient (Wildman–Crippen LogP) is 2.80. The second-order valence-corrected chi connectivity index (χ2v) is 5.84. The highest BCUT2D eigenvalue weighted by Crippen LogP contribution is 2.09. The third kappa shape index (κ3) is 10.7. The summed E-state index contributed by atoms with van der Waals surface area (Å²) in [6.45, 7) is 0. The molecule has 84 valence electrons. The van der Waals surface area contributed by atoms with E-state index in [-0.39, 0.29) is 5.97 Å². The number of rotatable bonds is 9. The maximum atomic E-state index is 10.7. The van der Waals surface area contributed by atoms with E-state index in [1.54, 1.807) is 0 Å². The zero-order chi connectivity index (χ0) is 10.6. The molecule has 0 saturated carbocycles. The van der Waals surface area contributed by atoms with Gasteiger partial charge >= 0.3 is 5.97 Å². The average molecular weight is 301 g/mol. The number of halogens is 1. The zero-order valence-corrected chi connectivity index (χ0v) is 11.7. The lowest BCUT2D eigenvalue weighted by molar-refractivity contribution is -0.140. The molecule has 0 rings (SSSR count). The van der Waals surface area contributed by atoms with Crippen molar-refractivity contribution < 1.29 is 9.53 Å². The van der Waals surface area contributed by atoms with Crippen LogP contribution in [0.1, 0.15) is 12.8 Å². The van der Waals surface area contributed by atoms with Gasteiger partial charge in [-0.2, -0.15) is 23.5 Å². The van der Waals surface area contributed by atoms with Crippen molar-refractivity contribution in [3.8, 4) is 0 Å². The highest BCUT2D eigenvalue weighted by atomic mass is 79.9. The van der Waals surface area contributed by atoms with Gasteiger partial charge in [0, 0.05) is 22.6 Å². The minimum Gasteiger partial charge on any atom is -0.469 e. The normalized spacial score (nSPS) is 10.1. The van der Waals surface area contributed by atoms with Crippen LogP contribution in [0.15, 0.2) is 0 Å². The number of hydrogen-bond donors (Lipinski definition) is 0. The van der Waals surface area contributed by atoms with Gasteiger partial charge in [0.25, 0.3) is 0 Å². The molecular formula is C9H17BrO2S2. The van der Waals surface area contributed by atoms with E-state index in [9.17, 15) is 4.79 Å². The Morgan fingerprint density at radius 2 is 1.86 bits per heavy atom. The van der Waals surface area contributed by atoms with Crippen molar-refractivity contribution in [1.82, 2.24) is 0 Å². The van der Waals surface area contributed by atoms with Crippen molar-refractivity contribution in [2.24, 2.45) is 0 Å². The van der Waals surface area contributed by atoms with Crippen LogP contribution < -0.4 is 0 Å². The van der Waals surface area contributed by atoms with Crippen molar-refractivity contribution in [2.75, 3.05) is 35.5 Å². The molecule has 0 aliphatic rings. The first-order valence-corrected chi connectivity index (χ1v) is 8.02. The first-order valence-electron chi connectivity index (χ1n) is 4.59. The second kappa shape index (κ2) is 11.7. The summed E-state index contributed by atoms with van der Waals surface area (Å²) in [6, 6.07) is 0. The first kappa shape index (κ1) is 14.6. The maximum Gasteiger partial charge on any atom is 0.306 e. The number of esters is 1. The molecular weight excluding hydrogens is 284 g/mol. The molecule has 0 unspecified atom stereocenters. The Hall–Kier alpha value is 0.650. The molecule has 0 aromatic carbocycles. The van der Waals surface area contributed by atoms with E-state index in [2.05, 4.69) is 20.7 Å². The van der Waals surface area contributed by atoms with E-state index in [1.165, 1.54) is 25.0 Å². The number of methoxy groups -OCH3 is 1. The molecule has 14 heavy (non-hydrogen) atoms. The van der Waals surface area contributed by atoms with Gasteiger partial charge in [-0.15, -0.1) is 0 Å². The Kier molecular flexibility index (Phi) is 12.3. The molecule has 0 N–H and O–H groups in total. The molecule has 2 nitrogen and oxygen atoms in total. The van der Waals surface area contributed by atoms with E-state index >= 15 is 0 Å². The van der Waals surface area contributed by atoms with Gasteiger partial charge < -0.3 is 4.74 Å². The van der Waals surface area contributed by atoms with Crippen molar-refractivity contribution in [2.45, 2.75) is 12.8 Å². The van der Waals surface area contributed by atoms with Crippen LogP contribution >= 0.6 is 39.5 Å². The van der Waals surface area contributed by atoms with Crippen LogP contribution in [0.2, 0.25) is 0 Å². The lowest BCUT2D eigenvalue weighted by Gasteiger charge is -2.00. The molecule has 5 heteroatoms. The lowest BCUT2D eigenvalue weighted by atomic mass is 10.5. The smallest absolute Gasteiger partial charge is 0.306 e. The van der Waals surface area contributed by atoms with Crippen LogP contribution in [-0.4, -0.2) is 41.4 Å². The summed E-state index contributed by atoms with van der Waals surface area (Å²) in [5.41, 5.74) is 0. The summed E-state index contributed by atoms with van der Waals surface area (Å²) < 4.78 is 4.55. The van der Waals surface area contributed by atoms with Crippen molar-refractivity contribution in [1.29, 1.82) is 0 Å². The Bertz CT molecular complexity index is 145. The molecule has 0 aromatic rings. The zero-order valence-electron chi connectivity index (χ0n) is 8.46. The molecule has 0 atom stereocenters. The van der Waals surface area contributed by atoms with E-state index in [1.807, 2.05) is 23.5 Å². The molecule has 0 aliphatic heterocycles. The summed E-state index contributed by atoms with van der Waals surface area (Å²) in [6.07, 6.45) is 1.77. The van der Waals surface area contributed by atoms with Crippen LogP contribution in [0.3, 0.4) is 0 Å². The molecule has 0 heterocycles. The van der Waals surface area contributed by atoms with Crippen LogP contribution in [0.5, 0.6) is 0 Å². The van der Waals surface area contributed by atoms with Crippen LogP contribution in [0, 0.1) is 0 Å². The van der Waals surface area contributed by atoms with E-state index < -0.39 is 0 Å². The molecule has 0 radical (unpaired) electrons. The lowest BCUT2D eigenvalue weighted by Crippen LogP contribution is -2.01. The Balaban J connectivity index is 2.95. The number of thioether (sulfide) groups is 2. The number of carbonyl (C=O) groups excluding carboxylic acids is 1. The molecule has 0 spiro atoms. The largest absolute Gasteiger partial charge is 0.469 e. The van der Waals surface area contributed by atoms with Crippen molar-refractivity contribution in [3.05, 3.63) is 0 Å². The van der Waals surface area contributed by atoms with E-state index in [0.29, 0.717) is 6.42 Å². The van der Waals surface area contributed by atoms with Gasteiger partial charge in [0.2, 0.25) is 0 Å². The summed E-state index contributed by atoms with van der Waals surface area (Å²) in [5.74, 6) is 4.31. The molecule has 0 bridgehead atoms. The molecule has 0 aliphatic carbocycles. The number of ether oxygens (including phenoxy) is 1. The fourth-order valence-corrected chi connectivity index (χ4v) is 3.40. The Morgan fingerprint density at radius 3 is 2.43 bits per heavy atom. The molecule has 0 aromatic heterocycles. The topological polar surface area (TPSA) is 26.3 Å². The quantitative estimate of drug-likeness (QED) is 0.372. The second-order valence-electron chi connectivity index (χ2n) is 2.59. The van der Waals surface area contributed by atoms with Gasteiger partial charge in [0.05, 0.1) is 13.5 Å². The van der Waals surface area contributed by atoms with Gasteiger partial charge in [0.15, 0.2) is 0 Å². The minimum atomic E-state index is -0.107. The van der Waals surface area contributed by atoms with Gasteiger partial charge in [0.1, 0.15) is 0 Å². The Labute approximate surface area is 103 Å². The summed E-state index contributed by atoms with van der Waals surface area (Å²) in [7, 11) is 1.43. The van der Waals surface area contributed by atoms with Crippen LogP contribution in [0.25, 0.3) is 0 Å². The predicted molar refractivity (Wildman–Crippen MR) is 69.7 cm³/mol. The molecule has 0 saturated heterocycles. The van der Waals surface area contributed by atoms with Crippen LogP contribution in [-0.2, 0) is 9.53 Å². The third-order valence-electron chi connectivity index (χ3n) is 1.47. The van der Waals surface area contributed by atoms with E-state index in [4.69, 9.17) is 0 Å². The van der Waals surface area contributed by atoms with Gasteiger partial charge in [-0.3, -0.25) is 4.79 Å². The standard InChI is InChI=1S/C9H17BrO2S2/c1-12-9(11)3-6-14-8-7-13-5-2-4-10/h2-8H2,1H3. The number of carbonyl (C=O) groups is 1. The summed E-state index contributed by atoms with van der Waals surface area (Å²) in [5, 5.41) is 1.09. The highest BCUT2D eigenvalue weighted by molar-refractivity contribution is 9.09. The summed E-state index contributed by atoms with van der Waals surface area (Å²) in [4.78, 5) is 10.7. The van der Waals surface area contributed by atoms with Gasteiger partial charge in [-0.1, -0.05) is 15.9 Å². The maximum absolute atomic E-state index is 10.7. The van der Waals surface area contributed by atoms with Gasteiger partial charge in [-0.25, -0.2) is 0 Å². The Morgan fingerprint density at radius 1 is 1.21 bits per heavy atom. The monoisotopic (exact) mass is 300 g/mol. The van der Waals surface area contributed by atoms with Gasteiger partial charge in [-0.05, 0) is 12.2 Å². The number of hydrogen-bond acceptors (Lipinski definition) is 4. The fraction of sp³-hybridized carbons (Fsp3) is 0.889. The number of alkyl halides is 1. The highest BCUT2D eigenvalue weighted by Gasteiger charge is 1.98. The first-order chi connectivity index (χ1) is 6.81. The van der Waals surface area contributed by atoms with Crippen molar-refractivity contribution >= 4 is 45.4 Å². The average Bonchev–Trinajstić information content (AvgIpc) is 2.21. The molecule has 0 fully saturated rings. The third-order valence-corrected chi connectivity index (χ3v) is 4.35. The van der Waals surface area contributed by atoms with Crippen molar-refractivity contribution in [3.63, 3.8) is 0 Å². The molecule has 0 amide bonds. The van der Waals surface area contributed by atoms with Crippen LogP contribution in [0.4, 0.5) is 0 Å².